The minimum absolute atomic E-state index is 0.159. The number of ketones is 1. The van der Waals surface area contributed by atoms with Gasteiger partial charge in [-0.25, -0.2) is 3.63 Å². The molecule has 0 heterocycles. The first-order chi connectivity index (χ1) is 34.1. The molecule has 4 nitrogen and oxygen atoms in total. The van der Waals surface area contributed by atoms with E-state index in [1.54, 1.807) is 0 Å². The second-order valence-electron chi connectivity index (χ2n) is 25.4. The van der Waals surface area contributed by atoms with Crippen LogP contribution >= 0.6 is 10.3 Å². The lowest BCUT2D eigenvalue weighted by Crippen LogP contribution is -2.42. The van der Waals surface area contributed by atoms with Crippen LogP contribution in [0.4, 0.5) is 0 Å². The molecule has 0 amide bonds. The van der Waals surface area contributed by atoms with Crippen molar-refractivity contribution in [1.29, 1.82) is 0 Å². The van der Waals surface area contributed by atoms with Gasteiger partial charge in [-0.3, -0.25) is 4.79 Å². The summed E-state index contributed by atoms with van der Waals surface area (Å²) in [5.74, 6) is 2.72. The summed E-state index contributed by atoms with van der Waals surface area (Å²) in [7, 11) is -7.37. The van der Waals surface area contributed by atoms with Crippen molar-refractivity contribution in [1.82, 2.24) is 0 Å². The predicted molar refractivity (Wildman–Crippen MR) is 290 cm³/mol. The highest BCUT2D eigenvalue weighted by atomic mass is 32.3. The van der Waals surface area contributed by atoms with Crippen LogP contribution in [-0.4, -0.2) is 20.0 Å². The maximum Gasteiger partial charge on any atom is 0.278 e. The van der Waals surface area contributed by atoms with Crippen molar-refractivity contribution in [2.45, 2.75) is 276 Å². The third kappa shape index (κ3) is 9.40. The van der Waals surface area contributed by atoms with E-state index in [0.29, 0.717) is 48.3 Å². The minimum Gasteiger partial charge on any atom is -0.299 e. The van der Waals surface area contributed by atoms with E-state index in [0.717, 1.165) is 62.7 Å². The number of carbonyl (C=O) groups excluding carboxylic acids is 1. The summed E-state index contributed by atoms with van der Waals surface area (Å²) in [6, 6.07) is 22.0. The smallest absolute Gasteiger partial charge is 0.278 e. The molecule has 8 fully saturated rings. The molecule has 11 rings (SSSR count). The van der Waals surface area contributed by atoms with E-state index in [4.69, 9.17) is 3.63 Å². The van der Waals surface area contributed by atoms with E-state index in [1.165, 1.54) is 184 Å². The van der Waals surface area contributed by atoms with Crippen LogP contribution in [0, 0.1) is 16.7 Å². The van der Waals surface area contributed by atoms with Gasteiger partial charge in [-0.1, -0.05) is 172 Å². The van der Waals surface area contributed by atoms with Gasteiger partial charge in [-0.2, -0.15) is 8.42 Å². The Morgan fingerprint density at radius 1 is 0.471 bits per heavy atom. The molecule has 8 saturated carbocycles. The van der Waals surface area contributed by atoms with Crippen LogP contribution in [0.5, 0.6) is 0 Å². The Balaban J connectivity index is 1.28. The van der Waals surface area contributed by atoms with E-state index >= 15 is 8.42 Å². The molecular weight excluding hydrogens is 897 g/mol. The Morgan fingerprint density at radius 3 is 1.13 bits per heavy atom. The Kier molecular flexibility index (Phi) is 15.0. The highest BCUT2D eigenvalue weighted by molar-refractivity contribution is 8.33. The fraction of sp³-hybridized carbons (Fsp3) is 0.703. The summed E-state index contributed by atoms with van der Waals surface area (Å²) in [6.07, 6.45) is 39.0. The molecular formula is C64H90O4S2. The van der Waals surface area contributed by atoms with Crippen LogP contribution in [0.3, 0.4) is 0 Å². The number of benzene rings is 3. The van der Waals surface area contributed by atoms with Crippen molar-refractivity contribution in [2.75, 3.05) is 5.75 Å². The number of hydrogen-bond acceptors (Lipinski definition) is 4. The molecule has 0 spiro atoms. The van der Waals surface area contributed by atoms with Crippen molar-refractivity contribution in [2.24, 2.45) is 16.7 Å². The lowest BCUT2D eigenvalue weighted by Gasteiger charge is -2.49. The second-order valence-corrected chi connectivity index (χ2v) is 29.7. The van der Waals surface area contributed by atoms with Crippen molar-refractivity contribution < 1.29 is 16.8 Å². The fourth-order valence-electron chi connectivity index (χ4n) is 16.9. The Bertz CT molecular complexity index is 2220. The Hall–Kier alpha value is -2.41. The van der Waals surface area contributed by atoms with Crippen molar-refractivity contribution in [3.63, 3.8) is 0 Å². The number of rotatable bonds is 13. The molecule has 0 saturated heterocycles. The molecule has 0 radical (unpaired) electrons. The zero-order valence-corrected chi connectivity index (χ0v) is 45.4. The normalized spacial score (nSPS) is 27.6. The number of fused-ring (bicyclic) bond motifs is 2. The molecule has 70 heavy (non-hydrogen) atoms. The van der Waals surface area contributed by atoms with Crippen LogP contribution in [0.1, 0.15) is 295 Å². The first-order valence-electron chi connectivity index (χ1n) is 29.8. The number of carbonyl (C=O) groups is 1. The Morgan fingerprint density at radius 2 is 0.814 bits per heavy atom. The SMILES string of the molecule is CC1(C)C2CCC1(CS(=O)(=O)OS(c1ccccc1)(c1c(C3CCCCC3)cc(C3CCCCC3)cc1C1CCCCC1)c1c(C3CCCCC3)cc(C3CCCCC3)cc1C1CCCCC1)C(=O)C2. The van der Waals surface area contributed by atoms with E-state index in [-0.39, 0.29) is 17.5 Å². The maximum absolute atomic E-state index is 16.6. The Labute approximate surface area is 427 Å². The van der Waals surface area contributed by atoms with Gasteiger partial charge in [0, 0.05) is 21.1 Å². The lowest BCUT2D eigenvalue weighted by atomic mass is 9.70. The van der Waals surface area contributed by atoms with Crippen molar-refractivity contribution in [3.8, 4) is 0 Å². The van der Waals surface area contributed by atoms with E-state index in [9.17, 15) is 4.79 Å². The van der Waals surface area contributed by atoms with Gasteiger partial charge in [0.15, 0.2) is 0 Å². The quantitative estimate of drug-likeness (QED) is 0.171. The summed E-state index contributed by atoms with van der Waals surface area (Å²) < 4.78 is 41.3. The molecule has 0 aromatic heterocycles. The maximum atomic E-state index is 16.6. The van der Waals surface area contributed by atoms with E-state index < -0.39 is 31.3 Å². The van der Waals surface area contributed by atoms with Crippen LogP contribution in [0.2, 0.25) is 0 Å². The van der Waals surface area contributed by atoms with Crippen molar-refractivity contribution in [3.05, 3.63) is 88.0 Å². The molecule has 2 bridgehead atoms. The van der Waals surface area contributed by atoms with Gasteiger partial charge in [0.1, 0.15) is 5.78 Å². The van der Waals surface area contributed by atoms with Crippen molar-refractivity contribution >= 4 is 26.2 Å². The molecule has 6 heteroatoms. The van der Waals surface area contributed by atoms with Gasteiger partial charge < -0.3 is 0 Å². The first-order valence-corrected chi connectivity index (χ1v) is 32.9. The zero-order chi connectivity index (χ0) is 47.9. The van der Waals surface area contributed by atoms with Gasteiger partial charge in [0.2, 0.25) is 0 Å². The molecule has 0 N–H and O–H groups in total. The summed E-state index contributed by atoms with van der Waals surface area (Å²) in [5, 5.41) is 0. The lowest BCUT2D eigenvalue weighted by molar-refractivity contribution is -0.128. The van der Waals surface area contributed by atoms with Gasteiger partial charge in [-0.05, 0) is 193 Å². The van der Waals surface area contributed by atoms with Gasteiger partial charge in [0.25, 0.3) is 10.1 Å². The van der Waals surface area contributed by atoms with E-state index in [2.05, 4.69) is 68.4 Å². The van der Waals surface area contributed by atoms with E-state index in [1.807, 2.05) is 0 Å². The average Bonchev–Trinajstić information content (AvgIpc) is 3.76. The number of Topliss-reactive ketones (excluding diaryl/α,β-unsaturated/α-hetero) is 1. The second kappa shape index (κ2) is 21.1. The largest absolute Gasteiger partial charge is 0.299 e. The fourth-order valence-corrected chi connectivity index (χ4v) is 23.9. The molecule has 8 aliphatic carbocycles. The third-order valence-corrected chi connectivity index (χ3v) is 26.6. The first kappa shape index (κ1) is 49.8. The summed E-state index contributed by atoms with van der Waals surface area (Å²) in [5.41, 5.74) is 7.57. The van der Waals surface area contributed by atoms with Crippen LogP contribution in [0.15, 0.2) is 69.3 Å². The molecule has 3 aromatic carbocycles. The molecule has 3 aromatic rings. The molecule has 0 aliphatic heterocycles. The number of hydrogen-bond donors (Lipinski definition) is 0. The molecule has 382 valence electrons. The molecule has 8 aliphatic rings. The van der Waals surface area contributed by atoms with Crippen LogP contribution < -0.4 is 0 Å². The highest BCUT2D eigenvalue weighted by Crippen LogP contribution is 2.77. The summed E-state index contributed by atoms with van der Waals surface area (Å²) in [6.45, 7) is 4.42. The van der Waals surface area contributed by atoms with Gasteiger partial charge >= 0.3 is 0 Å². The predicted octanol–water partition coefficient (Wildman–Crippen LogP) is 18.9. The molecule has 2 unspecified atom stereocenters. The average molecular weight is 988 g/mol. The van der Waals surface area contributed by atoms with Crippen LogP contribution in [0.25, 0.3) is 0 Å². The minimum atomic E-state index is -4.35. The zero-order valence-electron chi connectivity index (χ0n) is 43.7. The topological polar surface area (TPSA) is 60.4 Å². The molecule has 2 atom stereocenters. The summed E-state index contributed by atoms with van der Waals surface area (Å²) in [4.78, 5) is 18.2. The van der Waals surface area contributed by atoms with Crippen LogP contribution in [-0.2, 0) is 18.5 Å². The highest BCUT2D eigenvalue weighted by Gasteiger charge is 2.66. The standard InChI is InChI=1S/C64H90O4S2/c1-63(2)54-38-39-64(63,60(65)44-54)45-69(66,67)68-70(55-36-22-9-23-37-55,61-56(48-28-14-5-15-29-48)40-52(46-24-10-3-11-25-46)41-57(61)49-30-16-6-17-31-49)62-58(50-32-18-7-19-33-50)42-53(47-26-12-4-13-27-47)43-59(62)51-34-20-8-21-35-51/h9,22-23,36-37,40-43,46-51,54H,3-8,10-21,24-35,38-39,44-45H2,1-2H3. The van der Waals surface area contributed by atoms with Gasteiger partial charge in [-0.15, -0.1) is 0 Å². The van der Waals surface area contributed by atoms with Gasteiger partial charge in [0.05, 0.1) is 11.2 Å². The monoisotopic (exact) mass is 987 g/mol. The third-order valence-electron chi connectivity index (χ3n) is 21.1. The summed E-state index contributed by atoms with van der Waals surface area (Å²) >= 11 is 0.